The number of hydrogen-bond donors (Lipinski definition) is 1. The van der Waals surface area contributed by atoms with Gasteiger partial charge in [0.05, 0.1) is 6.07 Å². The average molecular weight is 222 g/mol. The molecule has 0 bridgehead atoms. The molecule has 3 heteroatoms. The summed E-state index contributed by atoms with van der Waals surface area (Å²) in [5, 5.41) is 12.0. The topological polar surface area (TPSA) is 52.9 Å². The van der Waals surface area contributed by atoms with Crippen LogP contribution in [0, 0.1) is 17.2 Å². The summed E-state index contributed by atoms with van der Waals surface area (Å²) < 4.78 is 0. The molecular weight excluding hydrogens is 200 g/mol. The van der Waals surface area contributed by atoms with E-state index < -0.39 is 0 Å². The highest BCUT2D eigenvalue weighted by Crippen LogP contribution is 2.26. The number of amides is 1. The van der Waals surface area contributed by atoms with Crippen LogP contribution in [0.3, 0.4) is 0 Å². The van der Waals surface area contributed by atoms with Gasteiger partial charge in [-0.3, -0.25) is 4.79 Å². The van der Waals surface area contributed by atoms with Gasteiger partial charge in [0, 0.05) is 6.42 Å². The number of nitrogens with zero attached hydrogens (tertiary/aromatic N) is 1. The van der Waals surface area contributed by atoms with Crippen LogP contribution in [0.4, 0.5) is 0 Å². The van der Waals surface area contributed by atoms with E-state index in [9.17, 15) is 4.79 Å². The Morgan fingerprint density at radius 2 is 2.12 bits per heavy atom. The molecule has 0 aliphatic heterocycles. The van der Waals surface area contributed by atoms with E-state index in [-0.39, 0.29) is 11.9 Å². The number of nitrogens with one attached hydrogen (secondary N) is 1. The quantitative estimate of drug-likeness (QED) is 0.777. The fraction of sp³-hybridized carbons (Fsp3) is 0.846. The van der Waals surface area contributed by atoms with E-state index in [2.05, 4.69) is 18.3 Å². The van der Waals surface area contributed by atoms with Gasteiger partial charge < -0.3 is 5.32 Å². The summed E-state index contributed by atoms with van der Waals surface area (Å²) >= 11 is 0. The van der Waals surface area contributed by atoms with E-state index in [0.717, 1.165) is 25.7 Å². The van der Waals surface area contributed by atoms with Gasteiger partial charge in [-0.2, -0.15) is 5.26 Å². The molecule has 0 heterocycles. The Labute approximate surface area is 98.2 Å². The van der Waals surface area contributed by atoms with Crippen LogP contribution in [0.25, 0.3) is 0 Å². The van der Waals surface area contributed by atoms with Crippen molar-refractivity contribution >= 4 is 5.91 Å². The standard InChI is InChI=1S/C13H22N2O/c1-2-3-9-13(16)15-12(10-14)11-7-5-4-6-8-11/h11-12H,2-9H2,1H3,(H,15,16). The SMILES string of the molecule is CCCCC(=O)NC(C#N)C1CCCCC1. The summed E-state index contributed by atoms with van der Waals surface area (Å²) in [4.78, 5) is 11.6. The monoisotopic (exact) mass is 222 g/mol. The molecule has 0 saturated heterocycles. The molecule has 1 atom stereocenters. The first-order chi connectivity index (χ1) is 7.77. The van der Waals surface area contributed by atoms with E-state index in [1.807, 2.05) is 0 Å². The normalized spacial score (nSPS) is 18.8. The third-order valence-electron chi connectivity index (χ3n) is 3.33. The minimum absolute atomic E-state index is 0.0407. The van der Waals surface area contributed by atoms with Crippen molar-refractivity contribution in [3.05, 3.63) is 0 Å². The number of carbonyl (C=O) groups is 1. The average Bonchev–Trinajstić information content (AvgIpc) is 2.34. The summed E-state index contributed by atoms with van der Waals surface area (Å²) in [6.07, 6.45) is 8.35. The van der Waals surface area contributed by atoms with E-state index in [1.165, 1.54) is 19.3 Å². The lowest BCUT2D eigenvalue weighted by Crippen LogP contribution is -2.39. The molecule has 1 amide bonds. The second kappa shape index (κ2) is 7.27. The van der Waals surface area contributed by atoms with E-state index in [1.54, 1.807) is 0 Å². The molecule has 0 radical (unpaired) electrons. The van der Waals surface area contributed by atoms with Gasteiger partial charge in [-0.1, -0.05) is 32.6 Å². The number of hydrogen-bond acceptors (Lipinski definition) is 2. The molecule has 90 valence electrons. The second-order valence-corrected chi connectivity index (χ2v) is 4.68. The Hall–Kier alpha value is -1.04. The third kappa shape index (κ3) is 4.22. The number of unbranched alkanes of at least 4 members (excludes halogenated alkanes) is 1. The van der Waals surface area contributed by atoms with Gasteiger partial charge in [-0.05, 0) is 25.2 Å². The van der Waals surface area contributed by atoms with E-state index >= 15 is 0 Å². The van der Waals surface area contributed by atoms with Crippen molar-refractivity contribution in [2.75, 3.05) is 0 Å². The number of nitriles is 1. The molecular formula is C13H22N2O. The van der Waals surface area contributed by atoms with E-state index in [4.69, 9.17) is 5.26 Å². The number of carbonyl (C=O) groups excluding carboxylic acids is 1. The first-order valence-electron chi connectivity index (χ1n) is 6.47. The lowest BCUT2D eigenvalue weighted by atomic mass is 9.84. The summed E-state index contributed by atoms with van der Waals surface area (Å²) in [7, 11) is 0. The summed E-state index contributed by atoms with van der Waals surface area (Å²) in [5.74, 6) is 0.420. The lowest BCUT2D eigenvalue weighted by Gasteiger charge is -2.26. The molecule has 16 heavy (non-hydrogen) atoms. The molecule has 1 saturated carbocycles. The zero-order valence-electron chi connectivity index (χ0n) is 10.2. The van der Waals surface area contributed by atoms with E-state index in [0.29, 0.717) is 12.3 Å². The van der Waals surface area contributed by atoms with Crippen molar-refractivity contribution in [3.63, 3.8) is 0 Å². The maximum atomic E-state index is 11.6. The minimum atomic E-state index is -0.260. The van der Waals surface area contributed by atoms with Crippen LogP contribution in [0.2, 0.25) is 0 Å². The Morgan fingerprint density at radius 3 is 2.69 bits per heavy atom. The molecule has 1 N–H and O–H groups in total. The molecule has 0 aromatic heterocycles. The number of rotatable bonds is 5. The van der Waals surface area contributed by atoms with Crippen molar-refractivity contribution in [1.82, 2.24) is 5.32 Å². The van der Waals surface area contributed by atoms with Gasteiger partial charge in [0.2, 0.25) is 5.91 Å². The van der Waals surface area contributed by atoms with Crippen LogP contribution in [0.15, 0.2) is 0 Å². The fourth-order valence-corrected chi connectivity index (χ4v) is 2.31. The molecule has 0 aromatic rings. The minimum Gasteiger partial charge on any atom is -0.340 e. The molecule has 1 aliphatic carbocycles. The highest BCUT2D eigenvalue weighted by molar-refractivity contribution is 5.76. The van der Waals surface area contributed by atoms with Crippen molar-refractivity contribution < 1.29 is 4.79 Å². The van der Waals surface area contributed by atoms with Gasteiger partial charge in [-0.25, -0.2) is 0 Å². The lowest BCUT2D eigenvalue weighted by molar-refractivity contribution is -0.121. The van der Waals surface area contributed by atoms with Crippen LogP contribution in [0.5, 0.6) is 0 Å². The fourth-order valence-electron chi connectivity index (χ4n) is 2.31. The Bertz CT molecular complexity index is 251. The predicted octanol–water partition coefficient (Wildman–Crippen LogP) is 2.77. The Kier molecular flexibility index (Phi) is 5.92. The molecule has 1 aliphatic rings. The highest BCUT2D eigenvalue weighted by atomic mass is 16.1. The first kappa shape index (κ1) is 13.0. The van der Waals surface area contributed by atoms with Gasteiger partial charge in [-0.15, -0.1) is 0 Å². The molecule has 0 spiro atoms. The molecule has 1 rings (SSSR count). The van der Waals surface area contributed by atoms with Crippen molar-refractivity contribution in [3.8, 4) is 6.07 Å². The zero-order chi connectivity index (χ0) is 11.8. The summed E-state index contributed by atoms with van der Waals surface area (Å²) in [6.45, 7) is 2.07. The largest absolute Gasteiger partial charge is 0.340 e. The summed E-state index contributed by atoms with van der Waals surface area (Å²) in [6, 6.07) is 1.99. The summed E-state index contributed by atoms with van der Waals surface area (Å²) in [5.41, 5.74) is 0. The third-order valence-corrected chi connectivity index (χ3v) is 3.33. The van der Waals surface area contributed by atoms with Crippen molar-refractivity contribution in [1.29, 1.82) is 5.26 Å². The Morgan fingerprint density at radius 1 is 1.44 bits per heavy atom. The van der Waals surface area contributed by atoms with Crippen molar-refractivity contribution in [2.24, 2.45) is 5.92 Å². The molecule has 0 aromatic carbocycles. The Balaban J connectivity index is 2.36. The smallest absolute Gasteiger partial charge is 0.221 e. The highest BCUT2D eigenvalue weighted by Gasteiger charge is 2.24. The second-order valence-electron chi connectivity index (χ2n) is 4.68. The van der Waals surface area contributed by atoms with Crippen LogP contribution in [0.1, 0.15) is 58.3 Å². The van der Waals surface area contributed by atoms with Gasteiger partial charge in [0.1, 0.15) is 6.04 Å². The van der Waals surface area contributed by atoms with Crippen LogP contribution in [-0.4, -0.2) is 11.9 Å². The first-order valence-corrected chi connectivity index (χ1v) is 6.47. The predicted molar refractivity (Wildman–Crippen MR) is 63.6 cm³/mol. The maximum Gasteiger partial charge on any atom is 0.221 e. The van der Waals surface area contributed by atoms with Crippen LogP contribution < -0.4 is 5.32 Å². The van der Waals surface area contributed by atoms with Gasteiger partial charge in [0.25, 0.3) is 0 Å². The van der Waals surface area contributed by atoms with Gasteiger partial charge in [0.15, 0.2) is 0 Å². The molecule has 1 fully saturated rings. The molecule has 1 unspecified atom stereocenters. The van der Waals surface area contributed by atoms with Crippen LogP contribution >= 0.6 is 0 Å². The van der Waals surface area contributed by atoms with Crippen molar-refractivity contribution in [2.45, 2.75) is 64.3 Å². The van der Waals surface area contributed by atoms with Gasteiger partial charge >= 0.3 is 0 Å². The zero-order valence-corrected chi connectivity index (χ0v) is 10.2. The maximum absolute atomic E-state index is 11.6. The molecule has 3 nitrogen and oxygen atoms in total. The van der Waals surface area contributed by atoms with Crippen LogP contribution in [-0.2, 0) is 4.79 Å².